The Bertz CT molecular complexity index is 598. The minimum atomic E-state index is -0.0331. The third-order valence-corrected chi connectivity index (χ3v) is 9.28. The fourth-order valence-electron chi connectivity index (χ4n) is 7.79. The summed E-state index contributed by atoms with van der Waals surface area (Å²) in [6.07, 6.45) is 9.72. The molecule has 0 aliphatic heterocycles. The second kappa shape index (κ2) is 6.34. The number of carbonyl (C=O) groups excluding carboxylic acids is 2. The molecule has 0 spiro atoms. The van der Waals surface area contributed by atoms with E-state index in [9.17, 15) is 9.59 Å². The van der Waals surface area contributed by atoms with E-state index in [1.807, 2.05) is 6.92 Å². The standard InChI is InChI=1S/C23H36O3/c1-5-21(25)26-20-9-8-17-16-7-6-15-12-19(24)14(2)13-23(15,4)18(16)10-11-22(17,20)3/h14-18,20H,5-13H2,1-4H3/t14-,15+,16-,17+,18+,20+,22+,23+/m1/s1. The first-order valence-electron chi connectivity index (χ1n) is 11.0. The fourth-order valence-corrected chi connectivity index (χ4v) is 7.79. The normalized spacial score (nSPS) is 50.5. The van der Waals surface area contributed by atoms with Gasteiger partial charge in [0.15, 0.2) is 0 Å². The van der Waals surface area contributed by atoms with Crippen LogP contribution < -0.4 is 0 Å². The molecule has 4 aliphatic rings. The van der Waals surface area contributed by atoms with Gasteiger partial charge in [0.05, 0.1) is 0 Å². The van der Waals surface area contributed by atoms with Crippen LogP contribution in [0.4, 0.5) is 0 Å². The predicted molar refractivity (Wildman–Crippen MR) is 101 cm³/mol. The van der Waals surface area contributed by atoms with Crippen molar-refractivity contribution in [1.29, 1.82) is 0 Å². The van der Waals surface area contributed by atoms with Crippen LogP contribution in [0.3, 0.4) is 0 Å². The summed E-state index contributed by atoms with van der Waals surface area (Å²) in [7, 11) is 0. The van der Waals surface area contributed by atoms with Gasteiger partial charge in [-0.05, 0) is 74.0 Å². The second-order valence-electron chi connectivity index (χ2n) is 10.4. The van der Waals surface area contributed by atoms with Gasteiger partial charge in [0, 0.05) is 24.2 Å². The van der Waals surface area contributed by atoms with Crippen LogP contribution in [0.25, 0.3) is 0 Å². The number of fused-ring (bicyclic) bond motifs is 5. The Labute approximate surface area is 158 Å². The van der Waals surface area contributed by atoms with Gasteiger partial charge >= 0.3 is 5.97 Å². The third-order valence-electron chi connectivity index (χ3n) is 9.28. The molecule has 0 aromatic rings. The van der Waals surface area contributed by atoms with Gasteiger partial charge in [-0.3, -0.25) is 9.59 Å². The molecule has 8 atom stereocenters. The molecule has 4 aliphatic carbocycles. The minimum absolute atomic E-state index is 0.0331. The lowest BCUT2D eigenvalue weighted by Crippen LogP contribution is -2.55. The maximum absolute atomic E-state index is 12.3. The molecule has 146 valence electrons. The van der Waals surface area contributed by atoms with Crippen LogP contribution in [0.5, 0.6) is 0 Å². The van der Waals surface area contributed by atoms with Gasteiger partial charge < -0.3 is 4.74 Å². The zero-order valence-electron chi connectivity index (χ0n) is 17.1. The molecular formula is C23H36O3. The summed E-state index contributed by atoms with van der Waals surface area (Å²) in [4.78, 5) is 24.2. The highest BCUT2D eigenvalue weighted by molar-refractivity contribution is 5.82. The number of hydrogen-bond acceptors (Lipinski definition) is 3. The van der Waals surface area contributed by atoms with Gasteiger partial charge in [0.1, 0.15) is 11.9 Å². The lowest BCUT2D eigenvalue weighted by molar-refractivity contribution is -0.165. The molecule has 0 heterocycles. The number of carbonyl (C=O) groups is 2. The highest BCUT2D eigenvalue weighted by Gasteiger charge is 2.61. The lowest BCUT2D eigenvalue weighted by atomic mass is 9.44. The monoisotopic (exact) mass is 360 g/mol. The summed E-state index contributed by atoms with van der Waals surface area (Å²) in [6, 6.07) is 0. The number of esters is 1. The van der Waals surface area contributed by atoms with Crippen molar-refractivity contribution in [1.82, 2.24) is 0 Å². The van der Waals surface area contributed by atoms with Crippen molar-refractivity contribution < 1.29 is 14.3 Å². The Morgan fingerprint density at radius 3 is 2.54 bits per heavy atom. The molecule has 26 heavy (non-hydrogen) atoms. The van der Waals surface area contributed by atoms with Crippen molar-refractivity contribution in [2.45, 2.75) is 91.6 Å². The summed E-state index contributed by atoms with van der Waals surface area (Å²) in [6.45, 7) is 8.94. The minimum Gasteiger partial charge on any atom is -0.462 e. The zero-order chi connectivity index (χ0) is 18.7. The number of ether oxygens (including phenoxy) is 1. The Hall–Kier alpha value is -0.860. The first-order chi connectivity index (χ1) is 12.3. The highest BCUT2D eigenvalue weighted by atomic mass is 16.5. The molecular weight excluding hydrogens is 324 g/mol. The smallest absolute Gasteiger partial charge is 0.305 e. The van der Waals surface area contributed by atoms with E-state index < -0.39 is 0 Å². The van der Waals surface area contributed by atoms with Crippen molar-refractivity contribution >= 4 is 11.8 Å². The summed E-state index contributed by atoms with van der Waals surface area (Å²) < 4.78 is 5.89. The molecule has 0 aromatic carbocycles. The van der Waals surface area contributed by atoms with Crippen molar-refractivity contribution in [2.75, 3.05) is 0 Å². The summed E-state index contributed by atoms with van der Waals surface area (Å²) in [5.41, 5.74) is 0.515. The van der Waals surface area contributed by atoms with Gasteiger partial charge in [-0.1, -0.05) is 27.7 Å². The molecule has 0 bridgehead atoms. The SMILES string of the molecule is CCC(=O)O[C@H]1CC[C@H]2[C@H]3CC[C@H]4CC(=O)[C@H](C)C[C@]4(C)[C@H]3CC[C@]12C. The van der Waals surface area contributed by atoms with E-state index in [-0.39, 0.29) is 23.4 Å². The van der Waals surface area contributed by atoms with E-state index in [0.717, 1.165) is 31.1 Å². The van der Waals surface area contributed by atoms with E-state index in [2.05, 4.69) is 20.8 Å². The molecule has 3 heteroatoms. The fraction of sp³-hybridized carbons (Fsp3) is 0.913. The molecule has 0 radical (unpaired) electrons. The molecule has 0 N–H and O–H groups in total. The average molecular weight is 361 g/mol. The number of rotatable bonds is 2. The first kappa shape index (κ1) is 18.5. The maximum atomic E-state index is 12.3. The molecule has 4 saturated carbocycles. The van der Waals surface area contributed by atoms with Crippen LogP contribution in [0.15, 0.2) is 0 Å². The molecule has 4 fully saturated rings. The predicted octanol–water partition coefficient (Wildman–Crippen LogP) is 5.17. The largest absolute Gasteiger partial charge is 0.462 e. The number of Topliss-reactive ketones (excluding diaryl/α,β-unsaturated/α-hetero) is 1. The molecule has 3 nitrogen and oxygen atoms in total. The van der Waals surface area contributed by atoms with Crippen molar-refractivity contribution in [3.63, 3.8) is 0 Å². The Balaban J connectivity index is 1.57. The summed E-state index contributed by atoms with van der Waals surface area (Å²) in [5, 5.41) is 0. The van der Waals surface area contributed by atoms with Crippen LogP contribution >= 0.6 is 0 Å². The highest BCUT2D eigenvalue weighted by Crippen LogP contribution is 2.66. The first-order valence-corrected chi connectivity index (χ1v) is 11.0. The van der Waals surface area contributed by atoms with Crippen LogP contribution in [0, 0.1) is 40.4 Å². The lowest BCUT2D eigenvalue weighted by Gasteiger charge is -2.60. The van der Waals surface area contributed by atoms with Crippen LogP contribution in [-0.2, 0) is 14.3 Å². The van der Waals surface area contributed by atoms with E-state index in [4.69, 9.17) is 4.74 Å². The molecule has 0 aromatic heterocycles. The molecule has 0 saturated heterocycles. The van der Waals surface area contributed by atoms with E-state index >= 15 is 0 Å². The summed E-state index contributed by atoms with van der Waals surface area (Å²) >= 11 is 0. The Kier molecular flexibility index (Phi) is 4.51. The molecule has 0 unspecified atom stereocenters. The quantitative estimate of drug-likeness (QED) is 0.638. The van der Waals surface area contributed by atoms with E-state index in [0.29, 0.717) is 29.5 Å². The van der Waals surface area contributed by atoms with Gasteiger partial charge in [0.2, 0.25) is 0 Å². The van der Waals surface area contributed by atoms with Gasteiger partial charge in [-0.15, -0.1) is 0 Å². The Morgan fingerprint density at radius 2 is 1.81 bits per heavy atom. The van der Waals surface area contributed by atoms with E-state index in [1.165, 1.54) is 32.1 Å². The zero-order valence-corrected chi connectivity index (χ0v) is 17.1. The van der Waals surface area contributed by atoms with Crippen molar-refractivity contribution in [3.05, 3.63) is 0 Å². The summed E-state index contributed by atoms with van der Waals surface area (Å²) in [5.74, 6) is 3.53. The van der Waals surface area contributed by atoms with Gasteiger partial charge in [-0.25, -0.2) is 0 Å². The van der Waals surface area contributed by atoms with Gasteiger partial charge in [-0.2, -0.15) is 0 Å². The van der Waals surface area contributed by atoms with E-state index in [1.54, 1.807) is 0 Å². The maximum Gasteiger partial charge on any atom is 0.305 e. The number of ketones is 1. The molecule has 4 rings (SSSR count). The third kappa shape index (κ3) is 2.59. The van der Waals surface area contributed by atoms with Crippen LogP contribution in [0.2, 0.25) is 0 Å². The second-order valence-corrected chi connectivity index (χ2v) is 10.4. The average Bonchev–Trinajstić information content (AvgIpc) is 2.93. The topological polar surface area (TPSA) is 43.4 Å². The Morgan fingerprint density at radius 1 is 1.08 bits per heavy atom. The molecule has 0 amide bonds. The van der Waals surface area contributed by atoms with Crippen LogP contribution in [0.1, 0.15) is 85.5 Å². The number of hydrogen-bond donors (Lipinski definition) is 0. The van der Waals surface area contributed by atoms with Crippen LogP contribution in [-0.4, -0.2) is 17.9 Å². The van der Waals surface area contributed by atoms with Crippen molar-refractivity contribution in [3.8, 4) is 0 Å². The van der Waals surface area contributed by atoms with Gasteiger partial charge in [0.25, 0.3) is 0 Å². The van der Waals surface area contributed by atoms with Crippen molar-refractivity contribution in [2.24, 2.45) is 40.4 Å².